The second-order valence-corrected chi connectivity index (χ2v) is 5.67. The van der Waals surface area contributed by atoms with Crippen LogP contribution in [0.15, 0.2) is 18.2 Å². The lowest BCUT2D eigenvalue weighted by atomic mass is 9.89. The Morgan fingerprint density at radius 2 is 2.00 bits per heavy atom. The van der Waals surface area contributed by atoms with Gasteiger partial charge in [0.05, 0.1) is 5.56 Å². The van der Waals surface area contributed by atoms with Crippen LogP contribution in [-0.2, 0) is 19.0 Å². The van der Waals surface area contributed by atoms with Crippen LogP contribution < -0.4 is 0 Å². The standard InChI is InChI=1S/C15H17F3N2/c1-20(2)9-6-7-12-10(8-9)14-11(15(16,17)18)4-3-5-13(14)19-12/h3-5,9,19H,6-8H2,1-2H3/t9-/m0/s1. The third-order valence-corrected chi connectivity index (χ3v) is 4.22. The SMILES string of the molecule is CN(C)[C@H]1CCc2[nH]c3cccc(C(F)(F)F)c3c2C1. The van der Waals surface area contributed by atoms with Crippen molar-refractivity contribution >= 4 is 10.9 Å². The number of rotatable bonds is 1. The van der Waals surface area contributed by atoms with Crippen LogP contribution in [-0.4, -0.2) is 30.0 Å². The van der Waals surface area contributed by atoms with Crippen molar-refractivity contribution in [2.75, 3.05) is 14.1 Å². The van der Waals surface area contributed by atoms with Gasteiger partial charge in [0.2, 0.25) is 0 Å². The molecule has 1 aromatic carbocycles. The number of fused-ring (bicyclic) bond motifs is 3. The summed E-state index contributed by atoms with van der Waals surface area (Å²) in [5.41, 5.74) is 1.89. The van der Waals surface area contributed by atoms with Crippen molar-refractivity contribution in [2.24, 2.45) is 0 Å². The fourth-order valence-electron chi connectivity index (χ4n) is 3.13. The van der Waals surface area contributed by atoms with Crippen LogP contribution in [0.1, 0.15) is 23.2 Å². The molecule has 1 aromatic heterocycles. The van der Waals surface area contributed by atoms with E-state index in [2.05, 4.69) is 9.88 Å². The predicted octanol–water partition coefficient (Wildman–Crippen LogP) is 3.61. The molecular formula is C15H17F3N2. The van der Waals surface area contributed by atoms with Crippen molar-refractivity contribution in [3.05, 3.63) is 35.0 Å². The number of likely N-dealkylation sites (N-methyl/N-ethyl adjacent to an activating group) is 1. The zero-order valence-electron chi connectivity index (χ0n) is 11.5. The van der Waals surface area contributed by atoms with E-state index in [1.165, 1.54) is 12.1 Å². The van der Waals surface area contributed by atoms with E-state index in [4.69, 9.17) is 0 Å². The Morgan fingerprint density at radius 1 is 1.25 bits per heavy atom. The Bertz CT molecular complexity index is 640. The van der Waals surface area contributed by atoms with Crippen molar-refractivity contribution in [1.82, 2.24) is 9.88 Å². The van der Waals surface area contributed by atoms with Gasteiger partial charge in [-0.15, -0.1) is 0 Å². The zero-order chi connectivity index (χ0) is 14.5. The van der Waals surface area contributed by atoms with E-state index >= 15 is 0 Å². The molecule has 20 heavy (non-hydrogen) atoms. The number of hydrogen-bond acceptors (Lipinski definition) is 1. The predicted molar refractivity (Wildman–Crippen MR) is 72.8 cm³/mol. The summed E-state index contributed by atoms with van der Waals surface area (Å²) in [6.07, 6.45) is -1.84. The first-order valence-corrected chi connectivity index (χ1v) is 6.74. The fourth-order valence-corrected chi connectivity index (χ4v) is 3.13. The Morgan fingerprint density at radius 3 is 2.65 bits per heavy atom. The van der Waals surface area contributed by atoms with Gasteiger partial charge in [-0.05, 0) is 51.1 Å². The summed E-state index contributed by atoms with van der Waals surface area (Å²) in [5, 5.41) is 0.363. The summed E-state index contributed by atoms with van der Waals surface area (Å²) < 4.78 is 39.6. The van der Waals surface area contributed by atoms with Crippen LogP contribution in [0.2, 0.25) is 0 Å². The molecule has 1 aliphatic carbocycles. The first-order chi connectivity index (χ1) is 9.38. The fraction of sp³-hybridized carbons (Fsp3) is 0.467. The summed E-state index contributed by atoms with van der Waals surface area (Å²) in [6.45, 7) is 0. The van der Waals surface area contributed by atoms with Gasteiger partial charge in [-0.25, -0.2) is 0 Å². The zero-order valence-corrected chi connectivity index (χ0v) is 11.5. The monoisotopic (exact) mass is 282 g/mol. The minimum atomic E-state index is -4.31. The number of H-pyrrole nitrogens is 1. The molecule has 0 spiro atoms. The van der Waals surface area contributed by atoms with E-state index in [0.717, 1.165) is 24.1 Å². The van der Waals surface area contributed by atoms with Crippen LogP contribution in [0, 0.1) is 0 Å². The van der Waals surface area contributed by atoms with Gasteiger partial charge in [0.25, 0.3) is 0 Å². The Hall–Kier alpha value is -1.49. The highest BCUT2D eigenvalue weighted by molar-refractivity contribution is 5.88. The molecule has 0 fully saturated rings. The van der Waals surface area contributed by atoms with Crippen LogP contribution in [0.3, 0.4) is 0 Å². The molecule has 0 amide bonds. The third-order valence-electron chi connectivity index (χ3n) is 4.22. The molecule has 0 saturated carbocycles. The van der Waals surface area contributed by atoms with Crippen LogP contribution >= 0.6 is 0 Å². The molecule has 2 aromatic rings. The molecule has 1 N–H and O–H groups in total. The number of alkyl halides is 3. The summed E-state index contributed by atoms with van der Waals surface area (Å²) in [4.78, 5) is 5.26. The van der Waals surface area contributed by atoms with Gasteiger partial charge in [0, 0.05) is 22.6 Å². The van der Waals surface area contributed by atoms with Gasteiger partial charge >= 0.3 is 6.18 Å². The lowest BCUT2D eigenvalue weighted by Crippen LogP contribution is -2.33. The van der Waals surface area contributed by atoms with Crippen molar-refractivity contribution < 1.29 is 13.2 Å². The van der Waals surface area contributed by atoms with Crippen molar-refractivity contribution in [3.8, 4) is 0 Å². The van der Waals surface area contributed by atoms with Gasteiger partial charge in [-0.3, -0.25) is 0 Å². The highest BCUT2D eigenvalue weighted by Gasteiger charge is 2.35. The molecule has 108 valence electrons. The molecule has 0 aliphatic heterocycles. The molecule has 0 saturated heterocycles. The number of aryl methyl sites for hydroxylation is 1. The topological polar surface area (TPSA) is 19.0 Å². The summed E-state index contributed by atoms with van der Waals surface area (Å²) in [7, 11) is 3.96. The Kier molecular flexibility index (Phi) is 3.05. The number of aromatic nitrogens is 1. The average Bonchev–Trinajstić information content (AvgIpc) is 2.74. The van der Waals surface area contributed by atoms with E-state index in [1.807, 2.05) is 14.1 Å². The maximum Gasteiger partial charge on any atom is 0.417 e. The van der Waals surface area contributed by atoms with Gasteiger partial charge in [0.15, 0.2) is 0 Å². The molecule has 0 unspecified atom stereocenters. The normalized spacial score (nSPS) is 19.6. The molecule has 3 rings (SSSR count). The lowest BCUT2D eigenvalue weighted by molar-refractivity contribution is -0.136. The number of nitrogens with zero attached hydrogens (tertiary/aromatic N) is 1. The molecule has 5 heteroatoms. The molecule has 0 bridgehead atoms. The van der Waals surface area contributed by atoms with Crippen LogP contribution in [0.4, 0.5) is 13.2 Å². The number of hydrogen-bond donors (Lipinski definition) is 1. The maximum absolute atomic E-state index is 13.2. The van der Waals surface area contributed by atoms with Gasteiger partial charge in [-0.2, -0.15) is 13.2 Å². The van der Waals surface area contributed by atoms with E-state index in [0.29, 0.717) is 23.4 Å². The van der Waals surface area contributed by atoms with Crippen molar-refractivity contribution in [2.45, 2.75) is 31.5 Å². The highest BCUT2D eigenvalue weighted by atomic mass is 19.4. The minimum Gasteiger partial charge on any atom is -0.358 e. The molecular weight excluding hydrogens is 265 g/mol. The van der Waals surface area contributed by atoms with Gasteiger partial charge in [-0.1, -0.05) is 6.07 Å². The largest absolute Gasteiger partial charge is 0.417 e. The number of nitrogens with one attached hydrogen (secondary N) is 1. The molecule has 1 atom stereocenters. The lowest BCUT2D eigenvalue weighted by Gasteiger charge is -2.28. The van der Waals surface area contributed by atoms with Crippen molar-refractivity contribution in [1.29, 1.82) is 0 Å². The Balaban J connectivity index is 2.19. The average molecular weight is 282 g/mol. The van der Waals surface area contributed by atoms with Crippen LogP contribution in [0.25, 0.3) is 10.9 Å². The summed E-state index contributed by atoms with van der Waals surface area (Å²) in [6, 6.07) is 4.68. The second kappa shape index (κ2) is 4.52. The minimum absolute atomic E-state index is 0.308. The van der Waals surface area contributed by atoms with E-state index < -0.39 is 11.7 Å². The maximum atomic E-state index is 13.2. The number of benzene rings is 1. The van der Waals surface area contributed by atoms with E-state index in [9.17, 15) is 13.2 Å². The van der Waals surface area contributed by atoms with E-state index in [-0.39, 0.29) is 0 Å². The van der Waals surface area contributed by atoms with Gasteiger partial charge in [0.1, 0.15) is 0 Å². The first kappa shape index (κ1) is 13.5. The van der Waals surface area contributed by atoms with Crippen LogP contribution in [0.5, 0.6) is 0 Å². The smallest absolute Gasteiger partial charge is 0.358 e. The van der Waals surface area contributed by atoms with Gasteiger partial charge < -0.3 is 9.88 Å². The number of aromatic amines is 1. The second-order valence-electron chi connectivity index (χ2n) is 5.67. The number of halogens is 3. The molecule has 1 heterocycles. The third kappa shape index (κ3) is 2.10. The van der Waals surface area contributed by atoms with Crippen molar-refractivity contribution in [3.63, 3.8) is 0 Å². The highest BCUT2D eigenvalue weighted by Crippen LogP contribution is 2.39. The summed E-state index contributed by atoms with van der Waals surface area (Å²) in [5.74, 6) is 0. The summed E-state index contributed by atoms with van der Waals surface area (Å²) >= 11 is 0. The quantitative estimate of drug-likeness (QED) is 0.846. The van der Waals surface area contributed by atoms with E-state index in [1.54, 1.807) is 6.07 Å². The molecule has 0 radical (unpaired) electrons. The molecule has 2 nitrogen and oxygen atoms in total. The Labute approximate surface area is 115 Å². The molecule has 1 aliphatic rings. The first-order valence-electron chi connectivity index (χ1n) is 6.74.